The number of benzene rings is 1. The molecular formula is C13H18ClIN2O. The SMILES string of the molecule is Cl.O=C(CCC1CCNC1)Nc1ccc(I)cc1. The average Bonchev–Trinajstić information content (AvgIpc) is 2.83. The molecule has 0 bridgehead atoms. The second-order valence-electron chi connectivity index (χ2n) is 4.45. The summed E-state index contributed by atoms with van der Waals surface area (Å²) in [7, 11) is 0. The molecule has 1 heterocycles. The van der Waals surface area contributed by atoms with Gasteiger partial charge in [0.25, 0.3) is 0 Å². The van der Waals surface area contributed by atoms with E-state index in [9.17, 15) is 4.79 Å². The number of nitrogens with one attached hydrogen (secondary N) is 2. The maximum Gasteiger partial charge on any atom is 0.224 e. The maximum absolute atomic E-state index is 11.7. The van der Waals surface area contributed by atoms with Crippen LogP contribution in [0.3, 0.4) is 0 Å². The molecule has 1 amide bonds. The van der Waals surface area contributed by atoms with Gasteiger partial charge in [-0.2, -0.15) is 0 Å². The molecule has 1 unspecified atom stereocenters. The first-order valence-electron chi connectivity index (χ1n) is 6.00. The third kappa shape index (κ3) is 5.12. The van der Waals surface area contributed by atoms with Crippen molar-refractivity contribution in [1.29, 1.82) is 0 Å². The molecule has 0 aliphatic carbocycles. The first kappa shape index (κ1) is 15.7. The zero-order valence-corrected chi connectivity index (χ0v) is 13.1. The summed E-state index contributed by atoms with van der Waals surface area (Å²) in [6, 6.07) is 7.88. The predicted octanol–water partition coefficient (Wildman–Crippen LogP) is 3.04. The first-order valence-corrected chi connectivity index (χ1v) is 7.08. The van der Waals surface area contributed by atoms with E-state index in [2.05, 4.69) is 33.2 Å². The van der Waals surface area contributed by atoms with Crippen LogP contribution in [0.2, 0.25) is 0 Å². The van der Waals surface area contributed by atoms with Gasteiger partial charge in [-0.05, 0) is 78.7 Å². The Morgan fingerprint density at radius 3 is 2.72 bits per heavy atom. The Morgan fingerprint density at radius 1 is 1.39 bits per heavy atom. The zero-order chi connectivity index (χ0) is 12.1. The largest absolute Gasteiger partial charge is 0.326 e. The van der Waals surface area contributed by atoms with Crippen molar-refractivity contribution < 1.29 is 4.79 Å². The lowest BCUT2D eigenvalue weighted by Gasteiger charge is -2.08. The molecule has 2 N–H and O–H groups in total. The average molecular weight is 381 g/mol. The minimum absolute atomic E-state index is 0. The maximum atomic E-state index is 11.7. The van der Waals surface area contributed by atoms with E-state index in [1.165, 1.54) is 9.99 Å². The Hall–Kier alpha value is -0.330. The van der Waals surface area contributed by atoms with E-state index in [0.29, 0.717) is 12.3 Å². The summed E-state index contributed by atoms with van der Waals surface area (Å²) in [5.74, 6) is 0.801. The Labute approximate surface area is 128 Å². The van der Waals surface area contributed by atoms with Crippen LogP contribution in [0.25, 0.3) is 0 Å². The summed E-state index contributed by atoms with van der Waals surface area (Å²) >= 11 is 2.25. The third-order valence-electron chi connectivity index (χ3n) is 3.07. The number of carbonyl (C=O) groups is 1. The standard InChI is InChI=1S/C13H17IN2O.ClH/c14-11-2-4-12(5-3-11)16-13(17)6-1-10-7-8-15-9-10;/h2-5,10,15H,1,6-9H2,(H,16,17);1H. The van der Waals surface area contributed by atoms with Crippen LogP contribution in [0.15, 0.2) is 24.3 Å². The molecule has 0 aromatic heterocycles. The molecule has 1 atom stereocenters. The van der Waals surface area contributed by atoms with E-state index >= 15 is 0 Å². The minimum Gasteiger partial charge on any atom is -0.326 e. The third-order valence-corrected chi connectivity index (χ3v) is 3.79. The number of hydrogen-bond donors (Lipinski definition) is 2. The molecule has 2 rings (SSSR count). The second kappa shape index (κ2) is 7.96. The van der Waals surface area contributed by atoms with E-state index in [-0.39, 0.29) is 18.3 Å². The summed E-state index contributed by atoms with van der Waals surface area (Å²) in [4.78, 5) is 11.7. The van der Waals surface area contributed by atoms with Crippen molar-refractivity contribution in [2.75, 3.05) is 18.4 Å². The van der Waals surface area contributed by atoms with Crippen molar-refractivity contribution >= 4 is 46.6 Å². The van der Waals surface area contributed by atoms with Gasteiger partial charge in [-0.3, -0.25) is 4.79 Å². The molecular weight excluding hydrogens is 363 g/mol. The summed E-state index contributed by atoms with van der Waals surface area (Å²) in [5.41, 5.74) is 0.889. The Morgan fingerprint density at radius 2 is 2.11 bits per heavy atom. The topological polar surface area (TPSA) is 41.1 Å². The van der Waals surface area contributed by atoms with Gasteiger partial charge in [-0.1, -0.05) is 0 Å². The van der Waals surface area contributed by atoms with Gasteiger partial charge in [0.15, 0.2) is 0 Å². The van der Waals surface area contributed by atoms with Crippen molar-refractivity contribution in [3.05, 3.63) is 27.8 Å². The van der Waals surface area contributed by atoms with Gasteiger partial charge in [0.1, 0.15) is 0 Å². The minimum atomic E-state index is 0. The van der Waals surface area contributed by atoms with E-state index in [1.54, 1.807) is 0 Å². The summed E-state index contributed by atoms with van der Waals surface area (Å²) < 4.78 is 1.18. The first-order chi connectivity index (χ1) is 8.24. The summed E-state index contributed by atoms with van der Waals surface area (Å²) in [6.45, 7) is 2.17. The molecule has 100 valence electrons. The van der Waals surface area contributed by atoms with Gasteiger partial charge in [0.2, 0.25) is 5.91 Å². The lowest BCUT2D eigenvalue weighted by atomic mass is 10.0. The van der Waals surface area contributed by atoms with Crippen molar-refractivity contribution in [2.45, 2.75) is 19.3 Å². The normalized spacial score (nSPS) is 18.2. The van der Waals surface area contributed by atoms with Crippen molar-refractivity contribution in [2.24, 2.45) is 5.92 Å². The molecule has 1 aromatic carbocycles. The van der Waals surface area contributed by atoms with Crippen LogP contribution < -0.4 is 10.6 Å². The number of halogens is 2. The highest BCUT2D eigenvalue weighted by Crippen LogP contribution is 2.16. The molecule has 0 radical (unpaired) electrons. The predicted molar refractivity (Wildman–Crippen MR) is 85.2 cm³/mol. The van der Waals surface area contributed by atoms with Crippen LogP contribution in [-0.4, -0.2) is 19.0 Å². The van der Waals surface area contributed by atoms with Crippen LogP contribution in [-0.2, 0) is 4.79 Å². The molecule has 18 heavy (non-hydrogen) atoms. The lowest BCUT2D eigenvalue weighted by molar-refractivity contribution is -0.116. The molecule has 1 saturated heterocycles. The molecule has 3 nitrogen and oxygen atoms in total. The molecule has 1 aliphatic heterocycles. The Kier molecular flexibility index (Phi) is 6.96. The fourth-order valence-corrected chi connectivity index (χ4v) is 2.41. The molecule has 1 aromatic rings. The number of carbonyl (C=O) groups excluding carboxylic acids is 1. The molecule has 5 heteroatoms. The van der Waals surface area contributed by atoms with Crippen molar-refractivity contribution in [1.82, 2.24) is 5.32 Å². The van der Waals surface area contributed by atoms with E-state index < -0.39 is 0 Å². The zero-order valence-electron chi connectivity index (χ0n) is 10.1. The number of rotatable bonds is 4. The van der Waals surface area contributed by atoms with E-state index in [1.807, 2.05) is 24.3 Å². The highest BCUT2D eigenvalue weighted by Gasteiger charge is 2.15. The number of anilines is 1. The van der Waals surface area contributed by atoms with Gasteiger partial charge in [-0.25, -0.2) is 0 Å². The highest BCUT2D eigenvalue weighted by atomic mass is 127. The summed E-state index contributed by atoms with van der Waals surface area (Å²) in [6.07, 6.45) is 2.82. The number of amides is 1. The summed E-state index contributed by atoms with van der Waals surface area (Å²) in [5, 5.41) is 6.25. The van der Waals surface area contributed by atoms with E-state index in [4.69, 9.17) is 0 Å². The van der Waals surface area contributed by atoms with Crippen LogP contribution >= 0.6 is 35.0 Å². The van der Waals surface area contributed by atoms with Crippen molar-refractivity contribution in [3.8, 4) is 0 Å². The van der Waals surface area contributed by atoms with Crippen molar-refractivity contribution in [3.63, 3.8) is 0 Å². The molecule has 1 aliphatic rings. The molecule has 0 spiro atoms. The van der Waals surface area contributed by atoms with Crippen LogP contribution in [0.5, 0.6) is 0 Å². The monoisotopic (exact) mass is 380 g/mol. The van der Waals surface area contributed by atoms with Crippen LogP contribution in [0, 0.1) is 9.49 Å². The Balaban J connectivity index is 0.00000162. The highest BCUT2D eigenvalue weighted by molar-refractivity contribution is 14.1. The van der Waals surface area contributed by atoms with Gasteiger partial charge >= 0.3 is 0 Å². The Bertz CT molecular complexity index is 377. The van der Waals surface area contributed by atoms with Crippen LogP contribution in [0.4, 0.5) is 5.69 Å². The second-order valence-corrected chi connectivity index (χ2v) is 5.70. The van der Waals surface area contributed by atoms with Gasteiger partial charge in [0, 0.05) is 15.7 Å². The number of hydrogen-bond acceptors (Lipinski definition) is 2. The molecule has 1 fully saturated rings. The van der Waals surface area contributed by atoms with Crippen LogP contribution in [0.1, 0.15) is 19.3 Å². The van der Waals surface area contributed by atoms with Gasteiger partial charge < -0.3 is 10.6 Å². The van der Waals surface area contributed by atoms with Gasteiger partial charge in [0.05, 0.1) is 0 Å². The van der Waals surface area contributed by atoms with Gasteiger partial charge in [-0.15, -0.1) is 12.4 Å². The fraction of sp³-hybridized carbons (Fsp3) is 0.462. The smallest absolute Gasteiger partial charge is 0.224 e. The van der Waals surface area contributed by atoms with E-state index in [0.717, 1.165) is 25.2 Å². The quantitative estimate of drug-likeness (QED) is 0.788. The molecule has 0 saturated carbocycles. The lowest BCUT2D eigenvalue weighted by Crippen LogP contribution is -2.14. The fourth-order valence-electron chi connectivity index (χ4n) is 2.05.